The molecule has 0 radical (unpaired) electrons. The van der Waals surface area contributed by atoms with Crippen LogP contribution in [0.4, 0.5) is 0 Å². The van der Waals surface area contributed by atoms with Gasteiger partial charge in [-0.1, -0.05) is 32.9 Å². The summed E-state index contributed by atoms with van der Waals surface area (Å²) in [7, 11) is 0. The Morgan fingerprint density at radius 3 is 2.15 bits per heavy atom. The van der Waals surface area contributed by atoms with Gasteiger partial charge in [0.15, 0.2) is 0 Å². The van der Waals surface area contributed by atoms with Gasteiger partial charge in [-0.15, -0.1) is 0 Å². The van der Waals surface area contributed by atoms with E-state index in [1.54, 1.807) is 0 Å². The van der Waals surface area contributed by atoms with E-state index in [0.29, 0.717) is 0 Å². The highest BCUT2D eigenvalue weighted by molar-refractivity contribution is 4.92. The molecule has 0 N–H and O–H groups in total. The number of likely N-dealkylation sites (tertiary alicyclic amines) is 1. The highest BCUT2D eigenvalue weighted by Crippen LogP contribution is 2.16. The second-order valence-electron chi connectivity index (χ2n) is 3.92. The van der Waals surface area contributed by atoms with Gasteiger partial charge in [-0.05, 0) is 38.8 Å². The zero-order valence-corrected chi connectivity index (χ0v) is 9.77. The molecule has 1 saturated heterocycles. The Labute approximate surface area is 83.8 Å². The van der Waals surface area contributed by atoms with Crippen LogP contribution >= 0.6 is 0 Å². The summed E-state index contributed by atoms with van der Waals surface area (Å²) in [5.74, 6) is 0.941. The normalized spacial score (nSPS) is 19.1. The van der Waals surface area contributed by atoms with Crippen LogP contribution in [0.2, 0.25) is 0 Å². The molecular weight excluding hydrogens is 158 g/mol. The third kappa shape index (κ3) is 5.87. The fourth-order valence-corrected chi connectivity index (χ4v) is 1.60. The second kappa shape index (κ2) is 7.14. The Morgan fingerprint density at radius 1 is 1.31 bits per heavy atom. The van der Waals surface area contributed by atoms with Gasteiger partial charge in [-0.25, -0.2) is 0 Å². The molecule has 1 heterocycles. The summed E-state index contributed by atoms with van der Waals surface area (Å²) >= 11 is 0. The summed E-state index contributed by atoms with van der Waals surface area (Å²) in [6.45, 7) is 16.0. The van der Waals surface area contributed by atoms with Crippen molar-refractivity contribution < 1.29 is 0 Å². The van der Waals surface area contributed by atoms with Gasteiger partial charge in [0, 0.05) is 6.54 Å². The SMILES string of the molecule is C=C(C)CN1CCC(C)CC1.CC. The van der Waals surface area contributed by atoms with Gasteiger partial charge in [0.1, 0.15) is 0 Å². The third-order valence-corrected chi connectivity index (χ3v) is 2.37. The second-order valence-corrected chi connectivity index (χ2v) is 3.92. The molecule has 1 fully saturated rings. The van der Waals surface area contributed by atoms with Crippen molar-refractivity contribution in [1.29, 1.82) is 0 Å². The fraction of sp³-hybridized carbons (Fsp3) is 0.833. The molecule has 0 aromatic carbocycles. The Hall–Kier alpha value is -0.300. The van der Waals surface area contributed by atoms with Gasteiger partial charge in [-0.3, -0.25) is 4.90 Å². The minimum Gasteiger partial charge on any atom is -0.299 e. The summed E-state index contributed by atoms with van der Waals surface area (Å²) in [4.78, 5) is 2.50. The summed E-state index contributed by atoms with van der Waals surface area (Å²) in [5.41, 5.74) is 1.29. The predicted octanol–water partition coefficient (Wildman–Crippen LogP) is 3.32. The Bertz CT molecular complexity index is 132. The van der Waals surface area contributed by atoms with Crippen LogP contribution in [0.15, 0.2) is 12.2 Å². The first-order valence-electron chi connectivity index (χ1n) is 5.55. The molecule has 1 rings (SSSR count). The topological polar surface area (TPSA) is 3.24 Å². The Balaban J connectivity index is 0.000000671. The van der Waals surface area contributed by atoms with Crippen molar-refractivity contribution in [3.8, 4) is 0 Å². The van der Waals surface area contributed by atoms with E-state index in [1.807, 2.05) is 13.8 Å². The van der Waals surface area contributed by atoms with Crippen molar-refractivity contribution >= 4 is 0 Å². The monoisotopic (exact) mass is 183 g/mol. The molecule has 0 aromatic heterocycles. The molecule has 0 amide bonds. The molecule has 0 saturated carbocycles. The number of hydrogen-bond donors (Lipinski definition) is 0. The number of hydrogen-bond acceptors (Lipinski definition) is 1. The van der Waals surface area contributed by atoms with Gasteiger partial charge in [-0.2, -0.15) is 0 Å². The first-order valence-corrected chi connectivity index (χ1v) is 5.55. The van der Waals surface area contributed by atoms with Crippen LogP contribution in [-0.2, 0) is 0 Å². The molecule has 13 heavy (non-hydrogen) atoms. The molecule has 78 valence electrons. The highest BCUT2D eigenvalue weighted by Gasteiger charge is 2.14. The van der Waals surface area contributed by atoms with Gasteiger partial charge in [0.05, 0.1) is 0 Å². The molecule has 1 nitrogen and oxygen atoms in total. The average Bonchev–Trinajstić information content (AvgIpc) is 2.12. The summed E-state index contributed by atoms with van der Waals surface area (Å²) in [5, 5.41) is 0. The van der Waals surface area contributed by atoms with Crippen molar-refractivity contribution in [3.63, 3.8) is 0 Å². The van der Waals surface area contributed by atoms with Crippen molar-refractivity contribution in [3.05, 3.63) is 12.2 Å². The van der Waals surface area contributed by atoms with Crippen LogP contribution in [-0.4, -0.2) is 24.5 Å². The van der Waals surface area contributed by atoms with Crippen LogP contribution < -0.4 is 0 Å². The minimum atomic E-state index is 0.941. The third-order valence-electron chi connectivity index (χ3n) is 2.37. The molecule has 1 aliphatic rings. The lowest BCUT2D eigenvalue weighted by molar-refractivity contribution is 0.206. The van der Waals surface area contributed by atoms with E-state index in [1.165, 1.54) is 31.5 Å². The number of piperidine rings is 1. The van der Waals surface area contributed by atoms with Crippen molar-refractivity contribution in [2.75, 3.05) is 19.6 Å². The molecule has 0 bridgehead atoms. The number of rotatable bonds is 2. The van der Waals surface area contributed by atoms with E-state index in [0.717, 1.165) is 12.5 Å². The van der Waals surface area contributed by atoms with Crippen molar-refractivity contribution in [2.45, 2.75) is 40.5 Å². The predicted molar refractivity (Wildman–Crippen MR) is 61.0 cm³/mol. The molecule has 0 aromatic rings. The maximum absolute atomic E-state index is 3.93. The fourth-order valence-electron chi connectivity index (χ4n) is 1.60. The van der Waals surface area contributed by atoms with Crippen molar-refractivity contribution in [2.24, 2.45) is 5.92 Å². The average molecular weight is 183 g/mol. The van der Waals surface area contributed by atoms with E-state index >= 15 is 0 Å². The smallest absolute Gasteiger partial charge is 0.0187 e. The maximum Gasteiger partial charge on any atom is 0.0187 e. The standard InChI is InChI=1S/C10H19N.C2H6/c1-9(2)8-11-6-4-10(3)5-7-11;1-2/h10H,1,4-8H2,2-3H3;1-2H3. The molecule has 0 atom stereocenters. The Kier molecular flexibility index (Phi) is 6.97. The Morgan fingerprint density at radius 2 is 1.77 bits per heavy atom. The van der Waals surface area contributed by atoms with Crippen molar-refractivity contribution in [1.82, 2.24) is 4.90 Å². The van der Waals surface area contributed by atoms with Crippen LogP contribution in [0, 0.1) is 5.92 Å². The van der Waals surface area contributed by atoms with Crippen LogP contribution in [0.25, 0.3) is 0 Å². The summed E-state index contributed by atoms with van der Waals surface area (Å²) in [6, 6.07) is 0. The zero-order chi connectivity index (χ0) is 10.3. The molecule has 1 aliphatic heterocycles. The van der Waals surface area contributed by atoms with E-state index in [9.17, 15) is 0 Å². The van der Waals surface area contributed by atoms with Crippen LogP contribution in [0.1, 0.15) is 40.5 Å². The van der Waals surface area contributed by atoms with Crippen LogP contribution in [0.5, 0.6) is 0 Å². The zero-order valence-electron chi connectivity index (χ0n) is 9.77. The lowest BCUT2D eigenvalue weighted by atomic mass is 9.99. The minimum absolute atomic E-state index is 0.941. The molecule has 0 spiro atoms. The molecular formula is C12H25N. The van der Waals surface area contributed by atoms with Gasteiger partial charge in [0.2, 0.25) is 0 Å². The number of nitrogens with zero attached hydrogens (tertiary/aromatic N) is 1. The molecule has 0 unspecified atom stereocenters. The maximum atomic E-state index is 3.93. The quantitative estimate of drug-likeness (QED) is 0.594. The first kappa shape index (κ1) is 12.7. The summed E-state index contributed by atoms with van der Waals surface area (Å²) in [6.07, 6.45) is 2.74. The molecule has 1 heteroatoms. The van der Waals surface area contributed by atoms with Gasteiger partial charge >= 0.3 is 0 Å². The van der Waals surface area contributed by atoms with Gasteiger partial charge < -0.3 is 0 Å². The van der Waals surface area contributed by atoms with Crippen LogP contribution in [0.3, 0.4) is 0 Å². The van der Waals surface area contributed by atoms with E-state index < -0.39 is 0 Å². The lowest BCUT2D eigenvalue weighted by Gasteiger charge is -2.30. The molecule has 0 aliphatic carbocycles. The van der Waals surface area contributed by atoms with E-state index in [-0.39, 0.29) is 0 Å². The first-order chi connectivity index (χ1) is 6.18. The van der Waals surface area contributed by atoms with E-state index in [4.69, 9.17) is 0 Å². The highest BCUT2D eigenvalue weighted by atomic mass is 15.1. The summed E-state index contributed by atoms with van der Waals surface area (Å²) < 4.78 is 0. The van der Waals surface area contributed by atoms with Gasteiger partial charge in [0.25, 0.3) is 0 Å². The lowest BCUT2D eigenvalue weighted by Crippen LogP contribution is -2.33. The van der Waals surface area contributed by atoms with E-state index in [2.05, 4.69) is 25.3 Å². The largest absolute Gasteiger partial charge is 0.299 e.